The lowest BCUT2D eigenvalue weighted by molar-refractivity contribution is -0.305. The van der Waals surface area contributed by atoms with Gasteiger partial charge in [0.15, 0.2) is 0 Å². The molecule has 1 N–H and O–H groups in total. The van der Waals surface area contributed by atoms with Crippen LogP contribution in [-0.4, -0.2) is 19.0 Å². The first-order valence-electron chi connectivity index (χ1n) is 6.42. The maximum absolute atomic E-state index is 11.7. The fourth-order valence-corrected chi connectivity index (χ4v) is 1.70. The lowest BCUT2D eigenvalue weighted by Gasteiger charge is -2.21. The van der Waals surface area contributed by atoms with Crippen LogP contribution in [0.1, 0.15) is 39.2 Å². The lowest BCUT2D eigenvalue weighted by Crippen LogP contribution is -2.24. The Labute approximate surface area is 118 Å². The summed E-state index contributed by atoms with van der Waals surface area (Å²) in [5, 5.41) is 13.0. The molecule has 0 atom stereocenters. The lowest BCUT2D eigenvalue weighted by atomic mass is 9.87. The predicted molar refractivity (Wildman–Crippen MR) is 74.6 cm³/mol. The van der Waals surface area contributed by atoms with Crippen LogP contribution in [0.4, 0.5) is 5.69 Å². The number of carboxylic acids is 1. The molecule has 0 aliphatic carbocycles. The zero-order chi connectivity index (χ0) is 15.3. The topological polar surface area (TPSA) is 78.5 Å². The van der Waals surface area contributed by atoms with Gasteiger partial charge >= 0.3 is 0 Å². The Kier molecular flexibility index (Phi) is 5.13. The quantitative estimate of drug-likeness (QED) is 0.884. The number of amides is 1. The van der Waals surface area contributed by atoms with Crippen molar-refractivity contribution in [1.29, 1.82) is 0 Å². The number of nitrogens with one attached hydrogen (secondary N) is 1. The number of ether oxygens (including phenoxy) is 1. The minimum atomic E-state index is -1.24. The van der Waals surface area contributed by atoms with Crippen molar-refractivity contribution in [3.8, 4) is 5.75 Å². The largest absolute Gasteiger partial charge is 0.550 e. The van der Waals surface area contributed by atoms with Crippen molar-refractivity contribution >= 4 is 17.6 Å². The fraction of sp³-hybridized carbons (Fsp3) is 0.467. The van der Waals surface area contributed by atoms with Crippen LogP contribution in [0, 0.1) is 0 Å². The van der Waals surface area contributed by atoms with Gasteiger partial charge in [0, 0.05) is 12.4 Å². The van der Waals surface area contributed by atoms with Crippen molar-refractivity contribution in [3.05, 3.63) is 23.8 Å². The van der Waals surface area contributed by atoms with Gasteiger partial charge in [-0.2, -0.15) is 0 Å². The number of carbonyl (C=O) groups is 2. The van der Waals surface area contributed by atoms with Gasteiger partial charge in [-0.25, -0.2) is 0 Å². The molecule has 0 fully saturated rings. The Bertz CT molecular complexity index is 503. The zero-order valence-electron chi connectivity index (χ0n) is 12.3. The first-order chi connectivity index (χ1) is 9.24. The van der Waals surface area contributed by atoms with Gasteiger partial charge in [-0.3, -0.25) is 4.79 Å². The molecule has 0 bridgehead atoms. The van der Waals surface area contributed by atoms with E-state index < -0.39 is 5.97 Å². The molecule has 1 aromatic carbocycles. The molecule has 0 aliphatic rings. The number of hydrogen-bond acceptors (Lipinski definition) is 4. The Hall–Kier alpha value is -2.04. The number of benzene rings is 1. The highest BCUT2D eigenvalue weighted by atomic mass is 16.5. The summed E-state index contributed by atoms with van der Waals surface area (Å²) in [5.74, 6) is -1.08. The maximum atomic E-state index is 11.7. The summed E-state index contributed by atoms with van der Waals surface area (Å²) in [6, 6.07) is 5.57. The third-order valence-corrected chi connectivity index (χ3v) is 2.90. The van der Waals surface area contributed by atoms with E-state index in [0.717, 1.165) is 5.56 Å². The van der Waals surface area contributed by atoms with Crippen molar-refractivity contribution in [3.63, 3.8) is 0 Å². The number of aliphatic carboxylic acids is 1. The van der Waals surface area contributed by atoms with Gasteiger partial charge in [-0.15, -0.1) is 0 Å². The average Bonchev–Trinajstić information content (AvgIpc) is 2.35. The molecule has 0 aromatic heterocycles. The van der Waals surface area contributed by atoms with E-state index in [-0.39, 0.29) is 24.2 Å². The summed E-state index contributed by atoms with van der Waals surface area (Å²) in [4.78, 5) is 22.0. The van der Waals surface area contributed by atoms with E-state index >= 15 is 0 Å². The minimum Gasteiger partial charge on any atom is -0.550 e. The molecule has 110 valence electrons. The monoisotopic (exact) mass is 278 g/mol. The Morgan fingerprint density at radius 3 is 2.40 bits per heavy atom. The van der Waals surface area contributed by atoms with Gasteiger partial charge in [0.1, 0.15) is 5.75 Å². The molecule has 1 amide bonds. The molecule has 0 radical (unpaired) electrons. The van der Waals surface area contributed by atoms with Crippen LogP contribution in [0.3, 0.4) is 0 Å². The van der Waals surface area contributed by atoms with E-state index in [4.69, 9.17) is 4.74 Å². The normalized spacial score (nSPS) is 11.0. The highest BCUT2D eigenvalue weighted by molar-refractivity contribution is 5.93. The first kappa shape index (κ1) is 16.0. The second kappa shape index (κ2) is 6.41. The number of carbonyl (C=O) groups excluding carboxylic acids is 2. The highest BCUT2D eigenvalue weighted by Crippen LogP contribution is 2.31. The summed E-state index contributed by atoms with van der Waals surface area (Å²) in [6.45, 7) is 6.20. The van der Waals surface area contributed by atoms with Crippen LogP contribution in [-0.2, 0) is 15.0 Å². The predicted octanol–water partition coefficient (Wildman–Crippen LogP) is 1.46. The van der Waals surface area contributed by atoms with Crippen LogP contribution in [0.2, 0.25) is 0 Å². The number of rotatable bonds is 5. The van der Waals surface area contributed by atoms with Gasteiger partial charge in [-0.05, 0) is 29.5 Å². The maximum Gasteiger partial charge on any atom is 0.224 e. The highest BCUT2D eigenvalue weighted by Gasteiger charge is 2.16. The van der Waals surface area contributed by atoms with Gasteiger partial charge in [0.05, 0.1) is 12.8 Å². The van der Waals surface area contributed by atoms with Crippen LogP contribution in [0.25, 0.3) is 0 Å². The van der Waals surface area contributed by atoms with Crippen molar-refractivity contribution in [2.75, 3.05) is 12.4 Å². The van der Waals surface area contributed by atoms with Gasteiger partial charge in [0.2, 0.25) is 5.91 Å². The molecule has 1 aromatic rings. The smallest absolute Gasteiger partial charge is 0.224 e. The standard InChI is InChI=1S/C15H21NO4/c1-15(2,3)10-5-6-12(20-4)11(9-10)16-13(17)7-8-14(18)19/h5-6,9H,7-8H2,1-4H3,(H,16,17)(H,18,19)/p-1. The van der Waals surface area contributed by atoms with E-state index in [0.29, 0.717) is 11.4 Å². The molecule has 5 nitrogen and oxygen atoms in total. The van der Waals surface area contributed by atoms with Gasteiger partial charge in [-0.1, -0.05) is 26.8 Å². The number of hydrogen-bond donors (Lipinski definition) is 1. The van der Waals surface area contributed by atoms with Gasteiger partial charge in [0.25, 0.3) is 0 Å². The molecule has 20 heavy (non-hydrogen) atoms. The molecule has 0 spiro atoms. The van der Waals surface area contributed by atoms with Crippen molar-refractivity contribution in [1.82, 2.24) is 0 Å². The van der Waals surface area contributed by atoms with E-state index in [1.807, 2.05) is 12.1 Å². The number of anilines is 1. The van der Waals surface area contributed by atoms with Crippen molar-refractivity contribution in [2.24, 2.45) is 0 Å². The summed E-state index contributed by atoms with van der Waals surface area (Å²) < 4.78 is 5.20. The second-order valence-electron chi connectivity index (χ2n) is 5.59. The fourth-order valence-electron chi connectivity index (χ4n) is 1.70. The summed E-state index contributed by atoms with van der Waals surface area (Å²) in [7, 11) is 1.52. The van der Waals surface area contributed by atoms with E-state index in [2.05, 4.69) is 26.1 Å². The van der Waals surface area contributed by atoms with Crippen molar-refractivity contribution < 1.29 is 19.4 Å². The third-order valence-electron chi connectivity index (χ3n) is 2.90. The Morgan fingerprint density at radius 1 is 1.25 bits per heavy atom. The molecule has 0 saturated carbocycles. The Morgan fingerprint density at radius 2 is 1.90 bits per heavy atom. The SMILES string of the molecule is COc1ccc(C(C)(C)C)cc1NC(=O)CCC(=O)[O-]. The average molecular weight is 278 g/mol. The summed E-state index contributed by atoms with van der Waals surface area (Å²) in [6.07, 6.45) is -0.418. The van der Waals surface area contributed by atoms with E-state index in [1.165, 1.54) is 7.11 Å². The molecule has 5 heteroatoms. The van der Waals surface area contributed by atoms with Crippen LogP contribution in [0.5, 0.6) is 5.75 Å². The third kappa shape index (κ3) is 4.57. The van der Waals surface area contributed by atoms with E-state index in [9.17, 15) is 14.7 Å². The zero-order valence-corrected chi connectivity index (χ0v) is 12.3. The molecular weight excluding hydrogens is 258 g/mol. The first-order valence-corrected chi connectivity index (χ1v) is 6.42. The molecule has 0 saturated heterocycles. The second-order valence-corrected chi connectivity index (χ2v) is 5.59. The molecule has 0 unspecified atom stereocenters. The minimum absolute atomic E-state index is 0.0588. The van der Waals surface area contributed by atoms with E-state index in [1.54, 1.807) is 6.07 Å². The molecule has 0 heterocycles. The Balaban J connectivity index is 2.91. The summed E-state index contributed by atoms with van der Waals surface area (Å²) in [5.41, 5.74) is 1.54. The molecule has 0 aliphatic heterocycles. The van der Waals surface area contributed by atoms with Gasteiger partial charge < -0.3 is 20.0 Å². The number of methoxy groups -OCH3 is 1. The number of carboxylic acid groups (broad SMARTS) is 1. The van der Waals surface area contributed by atoms with Crippen LogP contribution >= 0.6 is 0 Å². The molecular formula is C15H20NO4-. The summed E-state index contributed by atoms with van der Waals surface area (Å²) >= 11 is 0. The van der Waals surface area contributed by atoms with Crippen molar-refractivity contribution in [2.45, 2.75) is 39.0 Å². The van der Waals surface area contributed by atoms with Crippen LogP contribution < -0.4 is 15.2 Å². The van der Waals surface area contributed by atoms with Crippen LogP contribution in [0.15, 0.2) is 18.2 Å². The molecule has 1 rings (SSSR count).